The molecule has 0 bridgehead atoms. The number of aliphatic hydroxyl groups is 1. The molecule has 0 saturated heterocycles. The fourth-order valence-corrected chi connectivity index (χ4v) is 9.88. The van der Waals surface area contributed by atoms with E-state index >= 15 is 0 Å². The van der Waals surface area contributed by atoms with Crippen molar-refractivity contribution in [2.45, 2.75) is 276 Å². The van der Waals surface area contributed by atoms with Gasteiger partial charge in [0.15, 0.2) is 0 Å². The number of quaternary nitrogens is 1. The minimum absolute atomic E-state index is 0.0232. The van der Waals surface area contributed by atoms with Gasteiger partial charge in [-0.3, -0.25) is 9.36 Å². The van der Waals surface area contributed by atoms with Crippen molar-refractivity contribution < 1.29 is 32.9 Å². The lowest BCUT2D eigenvalue weighted by Gasteiger charge is -2.29. The van der Waals surface area contributed by atoms with E-state index in [0.717, 1.165) is 109 Å². The van der Waals surface area contributed by atoms with Gasteiger partial charge in [-0.05, 0) is 122 Å². The number of nitrogens with zero attached hydrogens (tertiary/aromatic N) is 1. The van der Waals surface area contributed by atoms with Crippen LogP contribution in [0.1, 0.15) is 264 Å². The molecular formula is C76H129N2O6P. The summed E-state index contributed by atoms with van der Waals surface area (Å²) in [5.41, 5.74) is 0. The predicted molar refractivity (Wildman–Crippen MR) is 371 cm³/mol. The lowest BCUT2D eigenvalue weighted by atomic mass is 10.0. The van der Waals surface area contributed by atoms with Gasteiger partial charge >= 0.3 is 0 Å². The van der Waals surface area contributed by atoms with Crippen LogP contribution >= 0.6 is 7.82 Å². The second kappa shape index (κ2) is 64.6. The highest BCUT2D eigenvalue weighted by atomic mass is 31.2. The van der Waals surface area contributed by atoms with Crippen LogP contribution in [0, 0.1) is 0 Å². The van der Waals surface area contributed by atoms with E-state index in [9.17, 15) is 19.4 Å². The standard InChI is InChI=1S/C76H129N2O6P/c1-6-8-10-12-14-16-18-20-22-24-26-28-30-32-34-36-37-38-39-40-41-42-44-46-48-50-52-54-56-58-60-62-64-66-68-70-76(80)77-74(73-84-85(81,82)83-72-71-78(3,4)5)75(79)69-67-65-63-61-59-57-55-53-51-49-47-45-43-35-33-31-29-27-25-23-21-19-17-15-13-11-9-7-2/h8,10,14,16,20,22,26,28,32,34,37-38,40-41,44,46,50-53,56,58-59,61,67,69,74-75,79H,6-7,9,11-13,15,17-19,21,23-25,27,29-31,33,35-36,39,42-43,45,47-49,54-55,57,60,62-66,68,70-73H2,1-5H3,(H-,77,80,81,82)/b10-8-,16-14-,22-20-,28-26-,34-32-,38-37-,41-40-,46-44-,52-50-,53-51+,58-56-,61-59+,69-67+. The Balaban J connectivity index is 4.29. The molecule has 2 N–H and O–H groups in total. The van der Waals surface area contributed by atoms with Crippen molar-refractivity contribution in [1.29, 1.82) is 0 Å². The van der Waals surface area contributed by atoms with E-state index in [4.69, 9.17) is 9.05 Å². The minimum Gasteiger partial charge on any atom is -0.756 e. The van der Waals surface area contributed by atoms with E-state index in [0.29, 0.717) is 23.9 Å². The summed E-state index contributed by atoms with van der Waals surface area (Å²) in [6.07, 6.45) is 101. The predicted octanol–water partition coefficient (Wildman–Crippen LogP) is 21.5. The molecular weight excluding hydrogens is 1070 g/mol. The molecule has 0 aliphatic carbocycles. The number of aliphatic hydroxyl groups excluding tert-OH is 1. The number of hydrogen-bond donors (Lipinski definition) is 2. The Labute approximate surface area is 524 Å². The molecule has 0 aliphatic rings. The number of unbranched alkanes of at least 4 members (excludes halogenated alkanes) is 24. The number of phosphoric ester groups is 1. The Bertz CT molecular complexity index is 1940. The molecule has 0 aliphatic heterocycles. The van der Waals surface area contributed by atoms with Crippen LogP contribution in [-0.4, -0.2) is 68.5 Å². The van der Waals surface area contributed by atoms with Crippen molar-refractivity contribution in [3.8, 4) is 0 Å². The largest absolute Gasteiger partial charge is 0.756 e. The number of allylic oxidation sites excluding steroid dienone is 25. The highest BCUT2D eigenvalue weighted by Gasteiger charge is 2.23. The maximum Gasteiger partial charge on any atom is 0.268 e. The quantitative estimate of drug-likeness (QED) is 0.0272. The molecule has 0 aromatic heterocycles. The number of carbonyl (C=O) groups excluding carboxylic acids is 1. The summed E-state index contributed by atoms with van der Waals surface area (Å²) >= 11 is 0. The average Bonchev–Trinajstić information content (AvgIpc) is 3.48. The van der Waals surface area contributed by atoms with Gasteiger partial charge < -0.3 is 28.8 Å². The van der Waals surface area contributed by atoms with Crippen molar-refractivity contribution in [2.24, 2.45) is 0 Å². The van der Waals surface area contributed by atoms with Gasteiger partial charge in [-0.2, -0.15) is 0 Å². The van der Waals surface area contributed by atoms with E-state index < -0.39 is 26.6 Å². The maximum atomic E-state index is 13.0. The second-order valence-electron chi connectivity index (χ2n) is 23.8. The van der Waals surface area contributed by atoms with Gasteiger partial charge in [0.05, 0.1) is 39.9 Å². The molecule has 8 nitrogen and oxygen atoms in total. The molecule has 0 aromatic rings. The van der Waals surface area contributed by atoms with Gasteiger partial charge in [0.1, 0.15) is 13.2 Å². The molecule has 9 heteroatoms. The van der Waals surface area contributed by atoms with Crippen LogP contribution in [0.2, 0.25) is 0 Å². The summed E-state index contributed by atoms with van der Waals surface area (Å²) in [5.74, 6) is -0.241. The zero-order valence-corrected chi connectivity index (χ0v) is 56.1. The van der Waals surface area contributed by atoms with Gasteiger partial charge in [-0.1, -0.05) is 294 Å². The molecule has 484 valence electrons. The SMILES string of the molecule is CC/C=C\C/C=C\C/C=C\C/C=C\C/C=C\C/C=C\C/C=C\C/C=C\C/C=C\C/C=C\CCCCCCC(=O)NC(COP(=O)([O-])OCC[N+](C)(C)C)C(O)/C=C/CC/C=C/CC/C=C/CCCCCCCCCCCCCCCCCCCC. The van der Waals surface area contributed by atoms with E-state index in [1.807, 2.05) is 27.2 Å². The molecule has 3 unspecified atom stereocenters. The lowest BCUT2D eigenvalue weighted by molar-refractivity contribution is -0.870. The maximum absolute atomic E-state index is 13.0. The number of amides is 1. The summed E-state index contributed by atoms with van der Waals surface area (Å²) in [6.45, 7) is 4.49. The fraction of sp³-hybridized carbons (Fsp3) is 0.645. The average molecular weight is 1200 g/mol. The smallest absolute Gasteiger partial charge is 0.268 e. The van der Waals surface area contributed by atoms with Crippen LogP contribution in [0.3, 0.4) is 0 Å². The molecule has 0 rings (SSSR count). The van der Waals surface area contributed by atoms with Crippen LogP contribution in [0.25, 0.3) is 0 Å². The first-order valence-corrected chi connectivity index (χ1v) is 35.8. The van der Waals surface area contributed by atoms with Crippen LogP contribution in [-0.2, 0) is 18.4 Å². The van der Waals surface area contributed by atoms with E-state index in [1.54, 1.807) is 6.08 Å². The van der Waals surface area contributed by atoms with Crippen molar-refractivity contribution in [2.75, 3.05) is 40.9 Å². The topological polar surface area (TPSA) is 108 Å². The van der Waals surface area contributed by atoms with Gasteiger partial charge in [-0.15, -0.1) is 0 Å². The van der Waals surface area contributed by atoms with Crippen molar-refractivity contribution in [3.05, 3.63) is 158 Å². The van der Waals surface area contributed by atoms with Crippen molar-refractivity contribution in [1.82, 2.24) is 5.32 Å². The number of nitrogens with one attached hydrogen (secondary N) is 1. The van der Waals surface area contributed by atoms with Gasteiger partial charge in [0.2, 0.25) is 5.91 Å². The third-order valence-corrected chi connectivity index (χ3v) is 15.4. The zero-order valence-electron chi connectivity index (χ0n) is 55.2. The second-order valence-corrected chi connectivity index (χ2v) is 25.2. The molecule has 0 fully saturated rings. The van der Waals surface area contributed by atoms with E-state index in [2.05, 4.69) is 165 Å². The van der Waals surface area contributed by atoms with Gasteiger partial charge in [-0.25, -0.2) is 0 Å². The first kappa shape index (κ1) is 81.1. The van der Waals surface area contributed by atoms with Crippen LogP contribution in [0.15, 0.2) is 158 Å². The Hall–Kier alpha value is -3.88. The number of likely N-dealkylation sites (N-methyl/N-ethyl adjacent to an activating group) is 1. The molecule has 85 heavy (non-hydrogen) atoms. The normalized spacial score (nSPS) is 14.7. The summed E-state index contributed by atoms with van der Waals surface area (Å²) in [4.78, 5) is 25.6. The monoisotopic (exact) mass is 1200 g/mol. The Kier molecular flexibility index (Phi) is 61.6. The van der Waals surface area contributed by atoms with E-state index in [-0.39, 0.29) is 18.9 Å². The lowest BCUT2D eigenvalue weighted by Crippen LogP contribution is -2.45. The first-order chi connectivity index (χ1) is 41.5. The molecule has 0 spiro atoms. The highest BCUT2D eigenvalue weighted by Crippen LogP contribution is 2.38. The van der Waals surface area contributed by atoms with Crippen LogP contribution < -0.4 is 10.2 Å². The fourth-order valence-electron chi connectivity index (χ4n) is 9.15. The summed E-state index contributed by atoms with van der Waals surface area (Å²) in [6, 6.07) is -0.938. The molecule has 0 radical (unpaired) electrons. The van der Waals surface area contributed by atoms with Crippen LogP contribution in [0.5, 0.6) is 0 Å². The zero-order chi connectivity index (χ0) is 61.9. The number of rotatable bonds is 61. The summed E-state index contributed by atoms with van der Waals surface area (Å²) < 4.78 is 23.4. The molecule has 1 amide bonds. The molecule has 0 aromatic carbocycles. The Morgan fingerprint density at radius 3 is 1.09 bits per heavy atom. The number of hydrogen-bond acceptors (Lipinski definition) is 6. The Morgan fingerprint density at radius 2 is 0.729 bits per heavy atom. The van der Waals surface area contributed by atoms with Gasteiger partial charge in [0.25, 0.3) is 7.82 Å². The highest BCUT2D eigenvalue weighted by molar-refractivity contribution is 7.45. The van der Waals surface area contributed by atoms with E-state index in [1.165, 1.54) is 122 Å². The van der Waals surface area contributed by atoms with Gasteiger partial charge in [0, 0.05) is 6.42 Å². The third-order valence-electron chi connectivity index (χ3n) is 14.4. The van der Waals surface area contributed by atoms with Crippen molar-refractivity contribution in [3.63, 3.8) is 0 Å². The summed E-state index contributed by atoms with van der Waals surface area (Å²) in [5, 5.41) is 13.9. The minimum atomic E-state index is -4.64. The first-order valence-electron chi connectivity index (χ1n) is 34.3. The van der Waals surface area contributed by atoms with Crippen LogP contribution in [0.4, 0.5) is 0 Å². The Morgan fingerprint density at radius 1 is 0.424 bits per heavy atom. The van der Waals surface area contributed by atoms with Crippen molar-refractivity contribution >= 4 is 13.7 Å². The third kappa shape index (κ3) is 67.5. The molecule has 3 atom stereocenters. The number of phosphoric acid groups is 1. The number of carbonyl (C=O) groups is 1. The summed E-state index contributed by atoms with van der Waals surface area (Å²) in [7, 11) is 1.20. The molecule has 0 heterocycles. The molecule has 0 saturated carbocycles.